The average Bonchev–Trinajstić information content (AvgIpc) is 3.09. The maximum atomic E-state index is 12.3. The Morgan fingerprint density at radius 2 is 1.88 bits per heavy atom. The molecule has 0 spiro atoms. The molecule has 1 saturated carbocycles. The van der Waals surface area contributed by atoms with Gasteiger partial charge < -0.3 is 9.73 Å². The van der Waals surface area contributed by atoms with Crippen LogP contribution in [0, 0.1) is 11.3 Å². The topological polar surface area (TPSA) is 66.0 Å². The number of hydrogen-bond acceptors (Lipinski definition) is 3. The third-order valence-corrected chi connectivity index (χ3v) is 4.60. The lowest BCUT2D eigenvalue weighted by molar-refractivity contribution is -0.117. The van der Waals surface area contributed by atoms with Crippen LogP contribution in [-0.2, 0) is 4.79 Å². The maximum Gasteiger partial charge on any atom is 0.262 e. The molecule has 4 nitrogen and oxygen atoms in total. The van der Waals surface area contributed by atoms with Crippen LogP contribution in [0.15, 0.2) is 46.4 Å². The summed E-state index contributed by atoms with van der Waals surface area (Å²) in [6.07, 6.45) is 6.90. The summed E-state index contributed by atoms with van der Waals surface area (Å²) in [6.45, 7) is 0. The number of carbonyl (C=O) groups excluding carboxylic acids is 1. The molecule has 1 aliphatic carbocycles. The number of furan rings is 1. The first-order valence-corrected chi connectivity index (χ1v) is 8.82. The van der Waals surface area contributed by atoms with Gasteiger partial charge in [0.1, 0.15) is 23.2 Å². The van der Waals surface area contributed by atoms with Crippen LogP contribution in [0.3, 0.4) is 0 Å². The molecule has 0 unspecified atom stereocenters. The fourth-order valence-corrected chi connectivity index (χ4v) is 3.13. The summed E-state index contributed by atoms with van der Waals surface area (Å²) in [5.41, 5.74) is 0.941. The highest BCUT2D eigenvalue weighted by atomic mass is 35.5. The third kappa shape index (κ3) is 4.52. The van der Waals surface area contributed by atoms with Crippen LogP contribution in [0.1, 0.15) is 37.9 Å². The monoisotopic (exact) mass is 354 g/mol. The molecule has 1 aromatic carbocycles. The van der Waals surface area contributed by atoms with Crippen LogP contribution in [0.4, 0.5) is 0 Å². The molecule has 0 atom stereocenters. The second-order valence-corrected chi connectivity index (χ2v) is 6.62. The first-order chi connectivity index (χ1) is 12.2. The second-order valence-electron chi connectivity index (χ2n) is 6.19. The number of rotatable bonds is 4. The zero-order chi connectivity index (χ0) is 17.6. The van der Waals surface area contributed by atoms with Gasteiger partial charge in [0.15, 0.2) is 0 Å². The number of benzene rings is 1. The molecule has 0 aliphatic heterocycles. The molecule has 1 aromatic heterocycles. The van der Waals surface area contributed by atoms with Crippen molar-refractivity contribution in [3.8, 4) is 17.4 Å². The van der Waals surface area contributed by atoms with E-state index in [1.807, 2.05) is 24.3 Å². The average molecular weight is 355 g/mol. The number of carbonyl (C=O) groups is 1. The molecule has 2 aromatic rings. The normalized spacial score (nSPS) is 15.6. The van der Waals surface area contributed by atoms with E-state index in [2.05, 4.69) is 5.32 Å². The number of nitrogens with zero attached hydrogens (tertiary/aromatic N) is 1. The summed E-state index contributed by atoms with van der Waals surface area (Å²) in [5, 5.41) is 12.9. The van der Waals surface area contributed by atoms with Crippen molar-refractivity contribution in [2.45, 2.75) is 38.1 Å². The van der Waals surface area contributed by atoms with Crippen molar-refractivity contribution in [1.82, 2.24) is 5.32 Å². The Morgan fingerprint density at radius 3 is 2.56 bits per heavy atom. The van der Waals surface area contributed by atoms with E-state index in [-0.39, 0.29) is 17.5 Å². The predicted molar refractivity (Wildman–Crippen MR) is 97.8 cm³/mol. The van der Waals surface area contributed by atoms with E-state index in [9.17, 15) is 10.1 Å². The van der Waals surface area contributed by atoms with E-state index in [1.165, 1.54) is 12.5 Å². The Bertz CT molecular complexity index is 809. The smallest absolute Gasteiger partial charge is 0.262 e. The van der Waals surface area contributed by atoms with Crippen molar-refractivity contribution < 1.29 is 9.21 Å². The number of nitriles is 1. The quantitative estimate of drug-likeness (QED) is 0.623. The van der Waals surface area contributed by atoms with Gasteiger partial charge in [-0.05, 0) is 49.2 Å². The van der Waals surface area contributed by atoms with Crippen LogP contribution in [0.2, 0.25) is 5.02 Å². The zero-order valence-corrected chi connectivity index (χ0v) is 14.6. The number of nitrogens with one attached hydrogen (secondary N) is 1. The van der Waals surface area contributed by atoms with Crippen molar-refractivity contribution >= 4 is 23.6 Å². The molecule has 0 saturated heterocycles. The molecule has 0 radical (unpaired) electrons. The van der Waals surface area contributed by atoms with Gasteiger partial charge in [-0.2, -0.15) is 5.26 Å². The van der Waals surface area contributed by atoms with Crippen molar-refractivity contribution in [1.29, 1.82) is 5.26 Å². The minimum absolute atomic E-state index is 0.0579. The molecular weight excluding hydrogens is 336 g/mol. The molecule has 1 amide bonds. The fraction of sp³-hybridized carbons (Fsp3) is 0.300. The molecular formula is C20H19ClN2O2. The van der Waals surface area contributed by atoms with Gasteiger partial charge in [0.25, 0.3) is 5.91 Å². The molecule has 3 rings (SSSR count). The molecule has 0 bridgehead atoms. The van der Waals surface area contributed by atoms with Crippen molar-refractivity contribution in [2.24, 2.45) is 0 Å². The van der Waals surface area contributed by atoms with Gasteiger partial charge in [-0.25, -0.2) is 0 Å². The minimum atomic E-state index is -0.334. The number of halogens is 1. The fourth-order valence-electron chi connectivity index (χ4n) is 3.00. The number of amides is 1. The number of hydrogen-bond donors (Lipinski definition) is 1. The molecule has 5 heteroatoms. The molecule has 1 fully saturated rings. The van der Waals surface area contributed by atoms with Crippen LogP contribution in [0.25, 0.3) is 17.4 Å². The summed E-state index contributed by atoms with van der Waals surface area (Å²) in [5.74, 6) is 0.798. The summed E-state index contributed by atoms with van der Waals surface area (Å²) in [4.78, 5) is 12.3. The standard InChI is InChI=1S/C20H19ClN2O2/c21-16-8-6-14(7-9-16)19-11-10-18(25-19)12-15(13-22)20(24)23-17-4-2-1-3-5-17/h6-12,17H,1-5H2,(H,23,24)/b15-12+. The summed E-state index contributed by atoms with van der Waals surface area (Å²) in [6, 6.07) is 13.0. The SMILES string of the molecule is N#C/C(=C\c1ccc(-c2ccc(Cl)cc2)o1)C(=O)NC1CCCCC1. The van der Waals surface area contributed by atoms with Crippen LogP contribution < -0.4 is 5.32 Å². The van der Waals surface area contributed by atoms with Gasteiger partial charge in [-0.3, -0.25) is 4.79 Å². The van der Waals surface area contributed by atoms with Crippen LogP contribution >= 0.6 is 11.6 Å². The third-order valence-electron chi connectivity index (χ3n) is 4.35. The Balaban J connectivity index is 1.72. The largest absolute Gasteiger partial charge is 0.457 e. The molecule has 25 heavy (non-hydrogen) atoms. The second kappa shape index (κ2) is 8.04. The lowest BCUT2D eigenvalue weighted by Gasteiger charge is -2.22. The van der Waals surface area contributed by atoms with Gasteiger partial charge in [-0.15, -0.1) is 0 Å². The Kier molecular flexibility index (Phi) is 5.57. The molecule has 1 N–H and O–H groups in total. The Labute approximate surface area is 152 Å². The predicted octanol–water partition coefficient (Wildman–Crippen LogP) is 4.96. The molecule has 128 valence electrons. The Hall–Kier alpha value is -2.51. The van der Waals surface area contributed by atoms with Gasteiger partial charge in [0.05, 0.1) is 0 Å². The Morgan fingerprint density at radius 1 is 1.16 bits per heavy atom. The summed E-state index contributed by atoms with van der Waals surface area (Å²) in [7, 11) is 0. The van der Waals surface area contributed by atoms with Crippen LogP contribution in [0.5, 0.6) is 0 Å². The van der Waals surface area contributed by atoms with Gasteiger partial charge in [-0.1, -0.05) is 30.9 Å². The van der Waals surface area contributed by atoms with Crippen molar-refractivity contribution in [3.05, 3.63) is 52.8 Å². The van der Waals surface area contributed by atoms with Crippen LogP contribution in [-0.4, -0.2) is 11.9 Å². The van der Waals surface area contributed by atoms with Gasteiger partial charge in [0, 0.05) is 22.7 Å². The maximum absolute atomic E-state index is 12.3. The molecule has 1 heterocycles. The summed E-state index contributed by atoms with van der Waals surface area (Å²) >= 11 is 5.89. The van der Waals surface area contributed by atoms with E-state index in [4.69, 9.17) is 16.0 Å². The molecule has 1 aliphatic rings. The van der Waals surface area contributed by atoms with Gasteiger partial charge >= 0.3 is 0 Å². The first kappa shape index (κ1) is 17.3. The van der Waals surface area contributed by atoms with Gasteiger partial charge in [0.2, 0.25) is 0 Å². The van der Waals surface area contributed by atoms with E-state index < -0.39 is 0 Å². The highest BCUT2D eigenvalue weighted by molar-refractivity contribution is 6.30. The minimum Gasteiger partial charge on any atom is -0.457 e. The van der Waals surface area contributed by atoms with Crippen molar-refractivity contribution in [2.75, 3.05) is 0 Å². The van der Waals surface area contributed by atoms with E-state index in [0.29, 0.717) is 16.5 Å². The zero-order valence-electron chi connectivity index (χ0n) is 13.8. The van der Waals surface area contributed by atoms with E-state index in [0.717, 1.165) is 31.2 Å². The highest BCUT2D eigenvalue weighted by Gasteiger charge is 2.18. The summed E-state index contributed by atoms with van der Waals surface area (Å²) < 4.78 is 5.73. The lowest BCUT2D eigenvalue weighted by atomic mass is 9.95. The lowest BCUT2D eigenvalue weighted by Crippen LogP contribution is -2.36. The van der Waals surface area contributed by atoms with E-state index >= 15 is 0 Å². The highest BCUT2D eigenvalue weighted by Crippen LogP contribution is 2.25. The van der Waals surface area contributed by atoms with E-state index in [1.54, 1.807) is 18.2 Å². The van der Waals surface area contributed by atoms with Crippen molar-refractivity contribution in [3.63, 3.8) is 0 Å². The first-order valence-electron chi connectivity index (χ1n) is 8.44.